The van der Waals surface area contributed by atoms with Gasteiger partial charge in [-0.15, -0.1) is 0 Å². The lowest BCUT2D eigenvalue weighted by molar-refractivity contribution is 0.0477. The number of alkyl carbamates (subject to hydrolysis) is 1. The first kappa shape index (κ1) is 21.4. The van der Waals surface area contributed by atoms with Crippen molar-refractivity contribution < 1.29 is 14.4 Å². The Bertz CT molecular complexity index is 617. The van der Waals surface area contributed by atoms with E-state index < -0.39 is 5.60 Å². The Kier molecular flexibility index (Phi) is 8.28. The number of benzene rings is 1. The Hall–Kier alpha value is -1.89. The molecule has 0 aromatic heterocycles. The molecular weight excluding hydrogens is 342 g/mol. The smallest absolute Gasteiger partial charge is 0.407 e. The van der Waals surface area contributed by atoms with Gasteiger partial charge in [-0.3, -0.25) is 4.90 Å². The largest absolute Gasteiger partial charge is 0.444 e. The van der Waals surface area contributed by atoms with Crippen molar-refractivity contribution in [3.05, 3.63) is 41.5 Å². The topological polar surface area (TPSA) is 62.8 Å². The van der Waals surface area contributed by atoms with Gasteiger partial charge in [0.2, 0.25) is 0 Å². The average molecular weight is 376 g/mol. The van der Waals surface area contributed by atoms with Gasteiger partial charge >= 0.3 is 6.09 Å². The Morgan fingerprint density at radius 2 is 2.04 bits per heavy atom. The lowest BCUT2D eigenvalue weighted by Gasteiger charge is -2.32. The standard InChI is InChI=1S/C21H33N3O3/c1-21(2,3)27-20(25)23-19-10-13-24(14-11-19)16-18-8-5-7-17(15-18)9-6-12-22-26-4/h5-9,15,19,22H,10-14,16H2,1-4H3,(H,23,25)/b9-6+. The highest BCUT2D eigenvalue weighted by molar-refractivity contribution is 5.68. The summed E-state index contributed by atoms with van der Waals surface area (Å²) in [6, 6.07) is 8.77. The first-order valence-corrected chi connectivity index (χ1v) is 9.59. The highest BCUT2D eigenvalue weighted by Crippen LogP contribution is 2.16. The quantitative estimate of drug-likeness (QED) is 0.565. The van der Waals surface area contributed by atoms with Crippen LogP contribution in [0.1, 0.15) is 44.7 Å². The Morgan fingerprint density at radius 3 is 2.70 bits per heavy atom. The summed E-state index contributed by atoms with van der Waals surface area (Å²) in [5.74, 6) is 0. The van der Waals surface area contributed by atoms with Crippen molar-refractivity contribution in [2.24, 2.45) is 0 Å². The monoisotopic (exact) mass is 375 g/mol. The predicted octanol–water partition coefficient (Wildman–Crippen LogP) is 3.34. The molecular formula is C21H33N3O3. The molecule has 2 rings (SSSR count). The summed E-state index contributed by atoms with van der Waals surface area (Å²) in [6.45, 7) is 9.19. The van der Waals surface area contributed by atoms with Crippen LogP contribution >= 0.6 is 0 Å². The summed E-state index contributed by atoms with van der Waals surface area (Å²) < 4.78 is 5.34. The molecule has 0 saturated carbocycles. The molecule has 27 heavy (non-hydrogen) atoms. The molecule has 0 unspecified atom stereocenters. The Morgan fingerprint density at radius 1 is 1.30 bits per heavy atom. The molecule has 1 fully saturated rings. The van der Waals surface area contributed by atoms with E-state index in [0.29, 0.717) is 6.54 Å². The van der Waals surface area contributed by atoms with Gasteiger partial charge in [-0.2, -0.15) is 5.48 Å². The molecule has 1 saturated heterocycles. The van der Waals surface area contributed by atoms with E-state index in [9.17, 15) is 4.79 Å². The van der Waals surface area contributed by atoms with E-state index in [0.717, 1.165) is 32.5 Å². The van der Waals surface area contributed by atoms with Crippen molar-refractivity contribution in [1.82, 2.24) is 15.7 Å². The highest BCUT2D eigenvalue weighted by atomic mass is 16.6. The first-order chi connectivity index (χ1) is 12.9. The zero-order valence-electron chi connectivity index (χ0n) is 17.0. The van der Waals surface area contributed by atoms with Crippen molar-refractivity contribution in [3.63, 3.8) is 0 Å². The molecule has 0 aliphatic carbocycles. The molecule has 0 atom stereocenters. The molecule has 150 valence electrons. The number of hydrogen-bond acceptors (Lipinski definition) is 5. The van der Waals surface area contributed by atoms with Crippen LogP contribution < -0.4 is 10.8 Å². The fourth-order valence-corrected chi connectivity index (χ4v) is 3.09. The third kappa shape index (κ3) is 8.56. The number of amides is 1. The minimum atomic E-state index is -0.454. The van der Waals surface area contributed by atoms with E-state index in [1.807, 2.05) is 26.8 Å². The van der Waals surface area contributed by atoms with Crippen LogP contribution in [0, 0.1) is 0 Å². The summed E-state index contributed by atoms with van der Waals surface area (Å²) in [5, 5.41) is 2.99. The van der Waals surface area contributed by atoms with Crippen molar-refractivity contribution in [1.29, 1.82) is 0 Å². The number of carbonyl (C=O) groups is 1. The Balaban J connectivity index is 1.77. The molecule has 1 aliphatic rings. The molecule has 6 nitrogen and oxygen atoms in total. The van der Waals surface area contributed by atoms with Gasteiger partial charge in [-0.25, -0.2) is 4.79 Å². The van der Waals surface area contributed by atoms with E-state index in [1.165, 1.54) is 11.1 Å². The van der Waals surface area contributed by atoms with Gasteiger partial charge in [0, 0.05) is 32.2 Å². The number of carbonyl (C=O) groups excluding carboxylic acids is 1. The normalized spacial score (nSPS) is 16.6. The van der Waals surface area contributed by atoms with Crippen LogP contribution in [0.25, 0.3) is 6.08 Å². The van der Waals surface area contributed by atoms with Crippen LogP contribution in [-0.2, 0) is 16.1 Å². The summed E-state index contributed by atoms with van der Waals surface area (Å²) in [5.41, 5.74) is 4.83. The van der Waals surface area contributed by atoms with Gasteiger partial charge in [-0.1, -0.05) is 36.4 Å². The van der Waals surface area contributed by atoms with Gasteiger partial charge in [0.05, 0.1) is 7.11 Å². The van der Waals surface area contributed by atoms with E-state index in [1.54, 1.807) is 7.11 Å². The SMILES string of the molecule is CONC/C=C/c1cccc(CN2CCC(NC(=O)OC(C)(C)C)CC2)c1. The number of nitrogens with zero attached hydrogens (tertiary/aromatic N) is 1. The van der Waals surface area contributed by atoms with Crippen LogP contribution in [0.15, 0.2) is 30.3 Å². The van der Waals surface area contributed by atoms with E-state index in [2.05, 4.69) is 46.0 Å². The molecule has 1 aliphatic heterocycles. The lowest BCUT2D eigenvalue weighted by atomic mass is 10.0. The van der Waals surface area contributed by atoms with Gasteiger partial charge in [0.1, 0.15) is 5.60 Å². The molecule has 2 N–H and O–H groups in total. The predicted molar refractivity (Wildman–Crippen MR) is 108 cm³/mol. The molecule has 6 heteroatoms. The fourth-order valence-electron chi connectivity index (χ4n) is 3.09. The maximum Gasteiger partial charge on any atom is 0.407 e. The first-order valence-electron chi connectivity index (χ1n) is 9.59. The van der Waals surface area contributed by atoms with Crippen LogP contribution in [0.5, 0.6) is 0 Å². The van der Waals surface area contributed by atoms with Crippen molar-refractivity contribution in [2.45, 2.75) is 51.8 Å². The maximum atomic E-state index is 11.9. The number of piperidine rings is 1. The third-order valence-corrected chi connectivity index (χ3v) is 4.32. The second kappa shape index (κ2) is 10.4. The average Bonchev–Trinajstić information content (AvgIpc) is 2.59. The van der Waals surface area contributed by atoms with Crippen LogP contribution in [0.2, 0.25) is 0 Å². The molecule has 1 heterocycles. The molecule has 0 bridgehead atoms. The van der Waals surface area contributed by atoms with Crippen molar-refractivity contribution >= 4 is 12.2 Å². The van der Waals surface area contributed by atoms with E-state index >= 15 is 0 Å². The van der Waals surface area contributed by atoms with E-state index in [-0.39, 0.29) is 12.1 Å². The minimum Gasteiger partial charge on any atom is -0.444 e. The van der Waals surface area contributed by atoms with Gasteiger partial charge < -0.3 is 14.9 Å². The van der Waals surface area contributed by atoms with Gasteiger partial charge in [0.25, 0.3) is 0 Å². The second-order valence-electron chi connectivity index (χ2n) is 7.90. The number of rotatable bonds is 7. The molecule has 1 aromatic rings. The zero-order valence-corrected chi connectivity index (χ0v) is 17.0. The number of hydroxylamine groups is 1. The highest BCUT2D eigenvalue weighted by Gasteiger charge is 2.23. The van der Waals surface area contributed by atoms with Gasteiger partial charge in [-0.05, 0) is 44.7 Å². The molecule has 0 radical (unpaired) electrons. The lowest BCUT2D eigenvalue weighted by Crippen LogP contribution is -2.45. The number of ether oxygens (including phenoxy) is 1. The van der Waals surface area contributed by atoms with E-state index in [4.69, 9.17) is 9.57 Å². The zero-order chi connectivity index (χ0) is 19.7. The van der Waals surface area contributed by atoms with Crippen LogP contribution in [-0.4, -0.2) is 49.4 Å². The maximum absolute atomic E-state index is 11.9. The van der Waals surface area contributed by atoms with Crippen LogP contribution in [0.3, 0.4) is 0 Å². The third-order valence-electron chi connectivity index (χ3n) is 4.32. The number of nitrogens with one attached hydrogen (secondary N) is 2. The Labute approximate surface area is 162 Å². The van der Waals surface area contributed by atoms with Crippen molar-refractivity contribution in [3.8, 4) is 0 Å². The van der Waals surface area contributed by atoms with Crippen LogP contribution in [0.4, 0.5) is 4.79 Å². The summed E-state index contributed by atoms with van der Waals surface area (Å²) in [6.07, 6.45) is 5.70. The molecule has 0 spiro atoms. The molecule has 1 amide bonds. The minimum absolute atomic E-state index is 0.193. The summed E-state index contributed by atoms with van der Waals surface area (Å²) in [7, 11) is 1.61. The number of hydrogen-bond donors (Lipinski definition) is 2. The summed E-state index contributed by atoms with van der Waals surface area (Å²) >= 11 is 0. The summed E-state index contributed by atoms with van der Waals surface area (Å²) in [4.78, 5) is 19.2. The fraction of sp³-hybridized carbons (Fsp3) is 0.571. The number of likely N-dealkylation sites (tertiary alicyclic amines) is 1. The van der Waals surface area contributed by atoms with Crippen molar-refractivity contribution in [2.75, 3.05) is 26.7 Å². The van der Waals surface area contributed by atoms with Gasteiger partial charge in [0.15, 0.2) is 0 Å². The second-order valence-corrected chi connectivity index (χ2v) is 7.90. The molecule has 1 aromatic carbocycles.